The molecule has 1 heterocycles. The minimum absolute atomic E-state index is 0.0619. The summed E-state index contributed by atoms with van der Waals surface area (Å²) in [5, 5.41) is 5.49. The molecule has 0 saturated heterocycles. The maximum atomic E-state index is 12.1. The fraction of sp³-hybridized carbons (Fsp3) is 0.429. The number of carbonyl (C=O) groups excluding carboxylic acids is 2. The molecule has 2 aliphatic rings. The molecule has 21 heavy (non-hydrogen) atoms. The van der Waals surface area contributed by atoms with Gasteiger partial charge in [-0.2, -0.15) is 0 Å². The van der Waals surface area contributed by atoms with Crippen LogP contribution < -0.4 is 25.8 Å². The normalized spacial score (nSPS) is 15.6. The number of amides is 2. The minimum atomic E-state index is -0.300. The molecule has 0 unspecified atom stereocenters. The van der Waals surface area contributed by atoms with Gasteiger partial charge < -0.3 is 25.8 Å². The van der Waals surface area contributed by atoms with Crippen molar-refractivity contribution in [3.8, 4) is 11.5 Å². The average Bonchev–Trinajstić information content (AvgIpc) is 3.22. The van der Waals surface area contributed by atoms with E-state index >= 15 is 0 Å². The third-order valence-corrected chi connectivity index (χ3v) is 3.45. The second-order valence-corrected chi connectivity index (χ2v) is 5.11. The summed E-state index contributed by atoms with van der Waals surface area (Å²) in [6.07, 6.45) is 1.93. The van der Waals surface area contributed by atoms with E-state index in [0.717, 1.165) is 12.8 Å². The smallest absolute Gasteiger partial charge is 0.253 e. The maximum Gasteiger partial charge on any atom is 0.253 e. The zero-order chi connectivity index (χ0) is 14.8. The van der Waals surface area contributed by atoms with Crippen LogP contribution in [0.5, 0.6) is 11.5 Å². The highest BCUT2D eigenvalue weighted by Gasteiger charge is 2.29. The third-order valence-electron chi connectivity index (χ3n) is 3.45. The van der Waals surface area contributed by atoms with Crippen molar-refractivity contribution in [3.05, 3.63) is 17.7 Å². The zero-order valence-corrected chi connectivity index (χ0v) is 11.5. The van der Waals surface area contributed by atoms with Gasteiger partial charge in [-0.15, -0.1) is 0 Å². The molecule has 1 aliphatic heterocycles. The highest BCUT2D eigenvalue weighted by atomic mass is 16.7. The molecule has 0 atom stereocenters. The van der Waals surface area contributed by atoms with Gasteiger partial charge in [0.2, 0.25) is 12.7 Å². The van der Waals surface area contributed by atoms with Crippen LogP contribution in [-0.4, -0.2) is 31.7 Å². The molecule has 1 aliphatic carbocycles. The van der Waals surface area contributed by atoms with E-state index in [2.05, 4.69) is 10.6 Å². The molecule has 3 rings (SSSR count). The van der Waals surface area contributed by atoms with E-state index in [1.807, 2.05) is 0 Å². The molecular formula is C14H17N3O4. The monoisotopic (exact) mass is 291 g/mol. The van der Waals surface area contributed by atoms with Gasteiger partial charge in [0.25, 0.3) is 5.91 Å². The van der Waals surface area contributed by atoms with E-state index in [0.29, 0.717) is 35.8 Å². The van der Waals surface area contributed by atoms with E-state index in [1.54, 1.807) is 12.1 Å². The number of anilines is 1. The highest BCUT2D eigenvalue weighted by Crippen LogP contribution is 2.35. The number of carbonyl (C=O) groups is 2. The van der Waals surface area contributed by atoms with Gasteiger partial charge in [0.1, 0.15) is 0 Å². The SMILES string of the molecule is Nc1cc2c(cc1C(=O)NCCNC(=O)C1CC1)OCO2. The summed E-state index contributed by atoms with van der Waals surface area (Å²) < 4.78 is 10.4. The lowest BCUT2D eigenvalue weighted by atomic mass is 10.1. The van der Waals surface area contributed by atoms with Gasteiger partial charge in [0.05, 0.1) is 5.56 Å². The van der Waals surface area contributed by atoms with Gasteiger partial charge in [-0.25, -0.2) is 0 Å². The Labute approximate surface area is 121 Å². The molecule has 112 valence electrons. The molecule has 7 nitrogen and oxygen atoms in total. The Hall–Kier alpha value is -2.44. The van der Waals surface area contributed by atoms with Crippen molar-refractivity contribution in [2.24, 2.45) is 5.92 Å². The molecular weight excluding hydrogens is 274 g/mol. The Bertz CT molecular complexity index is 584. The Morgan fingerprint density at radius 3 is 2.52 bits per heavy atom. The number of nitrogens with one attached hydrogen (secondary N) is 2. The van der Waals surface area contributed by atoms with Crippen molar-refractivity contribution in [3.63, 3.8) is 0 Å². The van der Waals surface area contributed by atoms with Gasteiger partial charge in [0, 0.05) is 30.8 Å². The molecule has 0 aromatic heterocycles. The van der Waals surface area contributed by atoms with Gasteiger partial charge >= 0.3 is 0 Å². The number of rotatable bonds is 5. The van der Waals surface area contributed by atoms with E-state index in [-0.39, 0.29) is 24.5 Å². The van der Waals surface area contributed by atoms with Gasteiger partial charge in [-0.1, -0.05) is 0 Å². The Morgan fingerprint density at radius 2 is 1.81 bits per heavy atom. The van der Waals surface area contributed by atoms with Gasteiger partial charge in [-0.05, 0) is 18.9 Å². The zero-order valence-electron chi connectivity index (χ0n) is 11.5. The summed E-state index contributed by atoms with van der Waals surface area (Å²) in [5.74, 6) is 0.987. The molecule has 0 spiro atoms. The Morgan fingerprint density at radius 1 is 1.14 bits per heavy atom. The van der Waals surface area contributed by atoms with Crippen molar-refractivity contribution in [2.45, 2.75) is 12.8 Å². The first kappa shape index (κ1) is 13.5. The van der Waals surface area contributed by atoms with E-state index in [1.165, 1.54) is 0 Å². The molecule has 4 N–H and O–H groups in total. The van der Waals surface area contributed by atoms with Crippen LogP contribution in [0.2, 0.25) is 0 Å². The lowest BCUT2D eigenvalue weighted by molar-refractivity contribution is -0.122. The van der Waals surface area contributed by atoms with Crippen LogP contribution in [0.25, 0.3) is 0 Å². The topological polar surface area (TPSA) is 103 Å². The first-order valence-corrected chi connectivity index (χ1v) is 6.90. The number of fused-ring (bicyclic) bond motifs is 1. The first-order valence-electron chi connectivity index (χ1n) is 6.90. The van der Waals surface area contributed by atoms with E-state index < -0.39 is 0 Å². The summed E-state index contributed by atoms with van der Waals surface area (Å²) in [4.78, 5) is 23.5. The Balaban J connectivity index is 1.52. The highest BCUT2D eigenvalue weighted by molar-refractivity contribution is 6.00. The van der Waals surface area contributed by atoms with Gasteiger partial charge in [0.15, 0.2) is 11.5 Å². The van der Waals surface area contributed by atoms with Crippen LogP contribution in [0.1, 0.15) is 23.2 Å². The van der Waals surface area contributed by atoms with E-state index in [9.17, 15) is 9.59 Å². The molecule has 2 amide bonds. The fourth-order valence-electron chi connectivity index (χ4n) is 2.10. The van der Waals surface area contributed by atoms with Crippen LogP contribution in [0.15, 0.2) is 12.1 Å². The number of hydrogen-bond acceptors (Lipinski definition) is 5. The first-order chi connectivity index (χ1) is 10.1. The quantitative estimate of drug-likeness (QED) is 0.533. The summed E-state index contributed by atoms with van der Waals surface area (Å²) in [7, 11) is 0. The summed E-state index contributed by atoms with van der Waals surface area (Å²) in [6, 6.07) is 3.14. The second kappa shape index (κ2) is 5.51. The molecule has 1 fully saturated rings. The molecule has 0 radical (unpaired) electrons. The third kappa shape index (κ3) is 3.01. The van der Waals surface area contributed by atoms with Crippen molar-refractivity contribution < 1.29 is 19.1 Å². The lowest BCUT2D eigenvalue weighted by Crippen LogP contribution is -2.35. The fourth-order valence-corrected chi connectivity index (χ4v) is 2.10. The number of ether oxygens (including phenoxy) is 2. The van der Waals surface area contributed by atoms with Crippen LogP contribution in [0.3, 0.4) is 0 Å². The van der Waals surface area contributed by atoms with Crippen molar-refractivity contribution in [1.82, 2.24) is 10.6 Å². The van der Waals surface area contributed by atoms with E-state index in [4.69, 9.17) is 15.2 Å². The number of hydrogen-bond donors (Lipinski definition) is 3. The van der Waals surface area contributed by atoms with Crippen LogP contribution >= 0.6 is 0 Å². The number of nitrogen functional groups attached to an aromatic ring is 1. The van der Waals surface area contributed by atoms with Crippen LogP contribution in [-0.2, 0) is 4.79 Å². The second-order valence-electron chi connectivity index (χ2n) is 5.11. The van der Waals surface area contributed by atoms with Gasteiger partial charge in [-0.3, -0.25) is 9.59 Å². The predicted molar refractivity (Wildman–Crippen MR) is 75.0 cm³/mol. The summed E-state index contributed by atoms with van der Waals surface area (Å²) >= 11 is 0. The molecule has 7 heteroatoms. The largest absolute Gasteiger partial charge is 0.454 e. The lowest BCUT2D eigenvalue weighted by Gasteiger charge is -2.09. The standard InChI is InChI=1S/C14H17N3O4/c15-10-6-12-11(20-7-21-12)5-9(10)14(19)17-4-3-16-13(18)8-1-2-8/h5-6,8H,1-4,7,15H2,(H,16,18)(H,17,19). The Kier molecular flexibility index (Phi) is 3.55. The van der Waals surface area contributed by atoms with Crippen molar-refractivity contribution >= 4 is 17.5 Å². The summed E-state index contributed by atoms with van der Waals surface area (Å²) in [6.45, 7) is 0.893. The summed E-state index contributed by atoms with van der Waals surface area (Å²) in [5.41, 5.74) is 6.50. The van der Waals surface area contributed by atoms with Crippen molar-refractivity contribution in [1.29, 1.82) is 0 Å². The molecule has 1 saturated carbocycles. The predicted octanol–water partition coefficient (Wildman–Crippen LogP) is 0.253. The van der Waals surface area contributed by atoms with Crippen LogP contribution in [0.4, 0.5) is 5.69 Å². The number of nitrogens with two attached hydrogens (primary N) is 1. The molecule has 0 bridgehead atoms. The molecule has 1 aromatic rings. The van der Waals surface area contributed by atoms with Crippen LogP contribution in [0, 0.1) is 5.92 Å². The maximum absolute atomic E-state index is 12.1. The molecule has 1 aromatic carbocycles. The minimum Gasteiger partial charge on any atom is -0.454 e. The number of benzene rings is 1. The average molecular weight is 291 g/mol. The van der Waals surface area contributed by atoms with Crippen molar-refractivity contribution in [2.75, 3.05) is 25.6 Å².